The summed E-state index contributed by atoms with van der Waals surface area (Å²) in [6, 6.07) is 7.42. The fourth-order valence-corrected chi connectivity index (χ4v) is 3.15. The third-order valence-corrected chi connectivity index (χ3v) is 4.44. The molecular weight excluding hydrogens is 308 g/mol. The molecule has 0 fully saturated rings. The lowest BCUT2D eigenvalue weighted by Gasteiger charge is -2.29. The van der Waals surface area contributed by atoms with Crippen LogP contribution in [-0.4, -0.2) is 25.1 Å². The first-order valence-corrected chi connectivity index (χ1v) is 7.71. The van der Waals surface area contributed by atoms with Crippen LogP contribution in [-0.2, 0) is 0 Å². The van der Waals surface area contributed by atoms with Gasteiger partial charge in [-0.1, -0.05) is 12.1 Å². The minimum Gasteiger partial charge on any atom is -0.507 e. The van der Waals surface area contributed by atoms with Crippen LogP contribution in [0.3, 0.4) is 0 Å². The second-order valence-corrected chi connectivity index (χ2v) is 5.84. The molecule has 1 atom stereocenters. The van der Waals surface area contributed by atoms with Gasteiger partial charge < -0.3 is 19.3 Å². The molecule has 1 aliphatic heterocycles. The number of fused-ring (bicyclic) bond motifs is 1. The molecule has 0 aliphatic carbocycles. The lowest BCUT2D eigenvalue weighted by Crippen LogP contribution is -2.22. The zero-order valence-electron chi connectivity index (χ0n) is 14.2. The van der Waals surface area contributed by atoms with E-state index in [4.69, 9.17) is 14.2 Å². The normalized spacial score (nSPS) is 16.3. The molecule has 0 radical (unpaired) electrons. The third-order valence-electron chi connectivity index (χ3n) is 4.44. The molecule has 0 amide bonds. The smallest absolute Gasteiger partial charge is 0.174 e. The molecule has 126 valence electrons. The van der Waals surface area contributed by atoms with E-state index in [-0.39, 0.29) is 23.5 Å². The highest BCUT2D eigenvalue weighted by Gasteiger charge is 2.34. The highest BCUT2D eigenvalue weighted by atomic mass is 16.5. The SMILES string of the molecule is COc1ccc([C@@H]2CC(=O)c3c(O)c(C)c(OC)c(C)c3O2)cc1. The maximum absolute atomic E-state index is 12.6. The first-order valence-electron chi connectivity index (χ1n) is 7.71. The van der Waals surface area contributed by atoms with E-state index in [2.05, 4.69) is 0 Å². The Bertz CT molecular complexity index is 793. The average Bonchev–Trinajstić information content (AvgIpc) is 2.60. The summed E-state index contributed by atoms with van der Waals surface area (Å²) in [5.74, 6) is 1.47. The standard InChI is InChI=1S/C19H20O5/c1-10-17(21)16-14(20)9-15(12-5-7-13(22-3)8-6-12)24-19(16)11(2)18(10)23-4/h5-8,15,21H,9H2,1-4H3/t15-/m0/s1. The Morgan fingerprint density at radius 2 is 1.75 bits per heavy atom. The number of ketones is 1. The van der Waals surface area contributed by atoms with E-state index in [1.165, 1.54) is 7.11 Å². The molecule has 3 rings (SSSR count). The van der Waals surface area contributed by atoms with E-state index in [9.17, 15) is 9.90 Å². The van der Waals surface area contributed by atoms with Crippen molar-refractivity contribution in [2.24, 2.45) is 0 Å². The van der Waals surface area contributed by atoms with Crippen molar-refractivity contribution in [2.45, 2.75) is 26.4 Å². The summed E-state index contributed by atoms with van der Waals surface area (Å²) < 4.78 is 16.6. The number of phenols is 1. The summed E-state index contributed by atoms with van der Waals surface area (Å²) >= 11 is 0. The monoisotopic (exact) mass is 328 g/mol. The number of rotatable bonds is 3. The zero-order valence-corrected chi connectivity index (χ0v) is 14.2. The molecule has 2 aromatic rings. The molecule has 0 saturated carbocycles. The molecule has 0 unspecified atom stereocenters. The zero-order chi connectivity index (χ0) is 17.4. The summed E-state index contributed by atoms with van der Waals surface area (Å²) in [5.41, 5.74) is 2.40. The van der Waals surface area contributed by atoms with Gasteiger partial charge in [0.25, 0.3) is 0 Å². The molecule has 0 bridgehead atoms. The van der Waals surface area contributed by atoms with Gasteiger partial charge in [0.15, 0.2) is 5.78 Å². The fourth-order valence-electron chi connectivity index (χ4n) is 3.15. The van der Waals surface area contributed by atoms with Crippen molar-refractivity contribution in [1.82, 2.24) is 0 Å². The molecule has 5 heteroatoms. The summed E-state index contributed by atoms with van der Waals surface area (Å²) in [6.45, 7) is 3.55. The first-order chi connectivity index (χ1) is 11.5. The number of benzene rings is 2. The van der Waals surface area contributed by atoms with E-state index in [1.807, 2.05) is 31.2 Å². The molecule has 1 aliphatic rings. The molecule has 24 heavy (non-hydrogen) atoms. The summed E-state index contributed by atoms with van der Waals surface area (Å²) in [4.78, 5) is 12.6. The van der Waals surface area contributed by atoms with E-state index in [0.29, 0.717) is 17.1 Å². The Hall–Kier alpha value is -2.69. The van der Waals surface area contributed by atoms with Crippen molar-refractivity contribution >= 4 is 5.78 Å². The van der Waals surface area contributed by atoms with E-state index in [0.717, 1.165) is 16.9 Å². The van der Waals surface area contributed by atoms with Crippen LogP contribution < -0.4 is 14.2 Å². The molecule has 1 heterocycles. The van der Waals surface area contributed by atoms with Crippen molar-refractivity contribution in [3.8, 4) is 23.0 Å². The number of carbonyl (C=O) groups is 1. The van der Waals surface area contributed by atoms with Crippen molar-refractivity contribution in [3.05, 3.63) is 46.5 Å². The topological polar surface area (TPSA) is 65.0 Å². The van der Waals surface area contributed by atoms with Crippen molar-refractivity contribution in [3.63, 3.8) is 0 Å². The Morgan fingerprint density at radius 3 is 2.33 bits per heavy atom. The molecule has 2 aromatic carbocycles. The number of Topliss-reactive ketones (excluding diaryl/α,β-unsaturated/α-hetero) is 1. The van der Waals surface area contributed by atoms with E-state index < -0.39 is 6.10 Å². The predicted molar refractivity (Wildman–Crippen MR) is 89.4 cm³/mol. The molecule has 0 spiro atoms. The first kappa shape index (κ1) is 16.2. The summed E-state index contributed by atoms with van der Waals surface area (Å²) in [6.07, 6.45) is -0.223. The van der Waals surface area contributed by atoms with Crippen LogP contribution in [0.4, 0.5) is 0 Å². The number of phenolic OH excluding ortho intramolecular Hbond substituents is 1. The van der Waals surface area contributed by atoms with Crippen molar-refractivity contribution < 1.29 is 24.1 Å². The van der Waals surface area contributed by atoms with Gasteiger partial charge in [0, 0.05) is 11.1 Å². The Morgan fingerprint density at radius 1 is 1.08 bits per heavy atom. The molecule has 0 saturated heterocycles. The van der Waals surface area contributed by atoms with Crippen LogP contribution in [0.5, 0.6) is 23.0 Å². The highest BCUT2D eigenvalue weighted by molar-refractivity contribution is 6.03. The molecule has 1 N–H and O–H groups in total. The van der Waals surface area contributed by atoms with Gasteiger partial charge in [-0.05, 0) is 31.5 Å². The summed E-state index contributed by atoms with van der Waals surface area (Å²) in [5, 5.41) is 10.4. The second kappa shape index (κ2) is 6.07. The minimum absolute atomic E-state index is 0.0642. The maximum atomic E-state index is 12.6. The van der Waals surface area contributed by atoms with E-state index in [1.54, 1.807) is 14.0 Å². The number of hydrogen-bond acceptors (Lipinski definition) is 5. The average molecular weight is 328 g/mol. The molecular formula is C19H20O5. The summed E-state index contributed by atoms with van der Waals surface area (Å²) in [7, 11) is 3.14. The van der Waals surface area contributed by atoms with Crippen LogP contribution in [0.2, 0.25) is 0 Å². The van der Waals surface area contributed by atoms with Gasteiger partial charge >= 0.3 is 0 Å². The number of methoxy groups -OCH3 is 2. The van der Waals surface area contributed by atoms with Crippen LogP contribution in [0, 0.1) is 13.8 Å². The van der Waals surface area contributed by atoms with Gasteiger partial charge in [-0.2, -0.15) is 0 Å². The Labute approximate surface area is 140 Å². The van der Waals surface area contributed by atoms with E-state index >= 15 is 0 Å². The Balaban J connectivity index is 2.06. The molecule has 5 nitrogen and oxygen atoms in total. The van der Waals surface area contributed by atoms with Crippen LogP contribution in [0.1, 0.15) is 39.6 Å². The fraction of sp³-hybridized carbons (Fsp3) is 0.316. The Kier molecular flexibility index (Phi) is 4.09. The minimum atomic E-state index is -0.401. The largest absolute Gasteiger partial charge is 0.507 e. The van der Waals surface area contributed by atoms with Gasteiger partial charge in [-0.3, -0.25) is 4.79 Å². The van der Waals surface area contributed by atoms with Gasteiger partial charge in [0.1, 0.15) is 34.7 Å². The lowest BCUT2D eigenvalue weighted by molar-refractivity contribution is 0.0842. The predicted octanol–water partition coefficient (Wildman–Crippen LogP) is 3.73. The number of hydrogen-bond donors (Lipinski definition) is 1. The van der Waals surface area contributed by atoms with Gasteiger partial charge in [0.2, 0.25) is 0 Å². The van der Waals surface area contributed by atoms with Gasteiger partial charge in [-0.15, -0.1) is 0 Å². The lowest BCUT2D eigenvalue weighted by atomic mass is 9.91. The van der Waals surface area contributed by atoms with Crippen LogP contribution >= 0.6 is 0 Å². The second-order valence-electron chi connectivity index (χ2n) is 5.84. The number of ether oxygens (including phenoxy) is 3. The van der Waals surface area contributed by atoms with Gasteiger partial charge in [-0.25, -0.2) is 0 Å². The van der Waals surface area contributed by atoms with Crippen molar-refractivity contribution in [1.29, 1.82) is 0 Å². The number of aromatic hydroxyl groups is 1. The maximum Gasteiger partial charge on any atom is 0.174 e. The quantitative estimate of drug-likeness (QED) is 0.930. The third kappa shape index (κ3) is 2.46. The van der Waals surface area contributed by atoms with Crippen LogP contribution in [0.15, 0.2) is 24.3 Å². The van der Waals surface area contributed by atoms with Crippen LogP contribution in [0.25, 0.3) is 0 Å². The van der Waals surface area contributed by atoms with Crippen molar-refractivity contribution in [2.75, 3.05) is 14.2 Å². The highest BCUT2D eigenvalue weighted by Crippen LogP contribution is 2.47. The van der Waals surface area contributed by atoms with Gasteiger partial charge in [0.05, 0.1) is 20.6 Å². The molecule has 0 aromatic heterocycles. The number of carbonyl (C=O) groups excluding carboxylic acids is 1.